The molecular weight excluding hydrogens is 331 g/mol. The number of esters is 1. The number of hydrogen-bond acceptors (Lipinski definition) is 5. The van der Waals surface area contributed by atoms with Crippen LogP contribution in [0.25, 0.3) is 0 Å². The number of carbonyl (C=O) groups excluding carboxylic acids is 2. The second-order valence-electron chi connectivity index (χ2n) is 5.38. The highest BCUT2D eigenvalue weighted by atomic mass is 19.4. The van der Waals surface area contributed by atoms with Crippen LogP contribution in [0.3, 0.4) is 0 Å². The van der Waals surface area contributed by atoms with Gasteiger partial charge in [-0.05, 0) is 32.8 Å². The summed E-state index contributed by atoms with van der Waals surface area (Å²) in [4.78, 5) is 33.6. The van der Waals surface area contributed by atoms with E-state index in [9.17, 15) is 32.9 Å². The highest BCUT2D eigenvalue weighted by Crippen LogP contribution is 2.37. The molecule has 1 aromatic carbocycles. The van der Waals surface area contributed by atoms with E-state index in [1.165, 1.54) is 13.8 Å². The standard InChI is InChI=1S/C15H16F3NO5/c1-4-24-13(21)14(3,9(2)20)8-10-5-6-11(19(22)23)7-12(10)15(16,17)18/h5-7H,4,8H2,1-3H3. The molecule has 0 aliphatic heterocycles. The van der Waals surface area contributed by atoms with Crippen molar-refractivity contribution < 1.29 is 32.4 Å². The number of alkyl halides is 3. The number of halogens is 3. The summed E-state index contributed by atoms with van der Waals surface area (Å²) in [5.74, 6) is -1.60. The lowest BCUT2D eigenvalue weighted by Gasteiger charge is -2.25. The molecule has 1 atom stereocenters. The predicted molar refractivity (Wildman–Crippen MR) is 77.2 cm³/mol. The van der Waals surface area contributed by atoms with Gasteiger partial charge in [-0.1, -0.05) is 6.07 Å². The van der Waals surface area contributed by atoms with Crippen LogP contribution in [0.4, 0.5) is 18.9 Å². The number of non-ortho nitro benzene ring substituents is 1. The highest BCUT2D eigenvalue weighted by Gasteiger charge is 2.43. The molecule has 24 heavy (non-hydrogen) atoms. The molecule has 9 heteroatoms. The van der Waals surface area contributed by atoms with Gasteiger partial charge >= 0.3 is 12.1 Å². The topological polar surface area (TPSA) is 86.5 Å². The second-order valence-corrected chi connectivity index (χ2v) is 5.38. The van der Waals surface area contributed by atoms with Gasteiger partial charge in [0, 0.05) is 12.1 Å². The SMILES string of the molecule is CCOC(=O)C(C)(Cc1ccc([N+](=O)[O-])cc1C(F)(F)F)C(C)=O. The van der Waals surface area contributed by atoms with Crippen LogP contribution < -0.4 is 0 Å². The molecule has 0 amide bonds. The number of hydrogen-bond donors (Lipinski definition) is 0. The van der Waals surface area contributed by atoms with Gasteiger partial charge < -0.3 is 4.74 Å². The van der Waals surface area contributed by atoms with Crippen molar-refractivity contribution in [2.45, 2.75) is 33.4 Å². The van der Waals surface area contributed by atoms with Gasteiger partial charge in [0.1, 0.15) is 11.2 Å². The Kier molecular flexibility index (Phi) is 5.70. The third-order valence-electron chi connectivity index (χ3n) is 3.66. The minimum atomic E-state index is -4.87. The third kappa shape index (κ3) is 4.09. The number of benzene rings is 1. The zero-order valence-electron chi connectivity index (χ0n) is 13.3. The first-order chi connectivity index (χ1) is 10.9. The van der Waals surface area contributed by atoms with Crippen molar-refractivity contribution in [2.75, 3.05) is 6.61 Å². The van der Waals surface area contributed by atoms with Gasteiger partial charge in [0.05, 0.1) is 17.1 Å². The Labute approximate surface area is 135 Å². The van der Waals surface area contributed by atoms with Gasteiger partial charge in [0.15, 0.2) is 0 Å². The summed E-state index contributed by atoms with van der Waals surface area (Å²) < 4.78 is 44.4. The summed E-state index contributed by atoms with van der Waals surface area (Å²) in [5, 5.41) is 10.7. The maximum absolute atomic E-state index is 13.2. The zero-order chi connectivity index (χ0) is 18.7. The Balaban J connectivity index is 3.42. The second kappa shape index (κ2) is 6.98. The molecule has 0 aliphatic rings. The molecule has 0 saturated carbocycles. The van der Waals surface area contributed by atoms with Crippen LogP contribution >= 0.6 is 0 Å². The van der Waals surface area contributed by atoms with Crippen LogP contribution in [-0.2, 0) is 26.9 Å². The molecule has 1 aromatic rings. The molecule has 0 saturated heterocycles. The quantitative estimate of drug-likeness (QED) is 0.341. The number of carbonyl (C=O) groups is 2. The van der Waals surface area contributed by atoms with Crippen LogP contribution in [0.2, 0.25) is 0 Å². The lowest BCUT2D eigenvalue weighted by molar-refractivity contribution is -0.385. The van der Waals surface area contributed by atoms with Crippen molar-refractivity contribution >= 4 is 17.4 Å². The molecule has 0 aliphatic carbocycles. The van der Waals surface area contributed by atoms with Crippen LogP contribution in [0.5, 0.6) is 0 Å². The van der Waals surface area contributed by atoms with Crippen LogP contribution in [-0.4, -0.2) is 23.3 Å². The van der Waals surface area contributed by atoms with E-state index in [1.54, 1.807) is 0 Å². The zero-order valence-corrected chi connectivity index (χ0v) is 13.3. The average molecular weight is 347 g/mol. The summed E-state index contributed by atoms with van der Waals surface area (Å²) in [6.07, 6.45) is -5.44. The van der Waals surface area contributed by atoms with Gasteiger partial charge in [0.25, 0.3) is 5.69 Å². The lowest BCUT2D eigenvalue weighted by Crippen LogP contribution is -2.39. The minimum Gasteiger partial charge on any atom is -0.465 e. The monoisotopic (exact) mass is 347 g/mol. The Morgan fingerprint density at radius 2 is 1.88 bits per heavy atom. The molecule has 0 aromatic heterocycles. The van der Waals surface area contributed by atoms with E-state index in [4.69, 9.17) is 4.74 Å². The number of ketones is 1. The first-order valence-corrected chi connectivity index (χ1v) is 6.96. The molecule has 1 rings (SSSR count). The largest absolute Gasteiger partial charge is 0.465 e. The number of nitro groups is 1. The molecule has 0 bridgehead atoms. The highest BCUT2D eigenvalue weighted by molar-refractivity contribution is 6.02. The van der Waals surface area contributed by atoms with Crippen LogP contribution in [0.1, 0.15) is 31.9 Å². The molecule has 1 unspecified atom stereocenters. The van der Waals surface area contributed by atoms with Crippen molar-refractivity contribution in [3.05, 3.63) is 39.4 Å². The Hall–Kier alpha value is -2.45. The normalized spacial score (nSPS) is 13.9. The fourth-order valence-corrected chi connectivity index (χ4v) is 2.11. The predicted octanol–water partition coefficient (Wildman–Crippen LogP) is 3.31. The van der Waals surface area contributed by atoms with Crippen molar-refractivity contribution in [1.82, 2.24) is 0 Å². The van der Waals surface area contributed by atoms with Crippen molar-refractivity contribution in [3.63, 3.8) is 0 Å². The van der Waals surface area contributed by atoms with Gasteiger partial charge in [0.2, 0.25) is 0 Å². The smallest absolute Gasteiger partial charge is 0.416 e. The molecule has 6 nitrogen and oxygen atoms in total. The number of ether oxygens (including phenoxy) is 1. The van der Waals surface area contributed by atoms with E-state index >= 15 is 0 Å². The van der Waals surface area contributed by atoms with Crippen LogP contribution in [0, 0.1) is 15.5 Å². The summed E-state index contributed by atoms with van der Waals surface area (Å²) in [5.41, 5.74) is -4.19. The fourth-order valence-electron chi connectivity index (χ4n) is 2.11. The van der Waals surface area contributed by atoms with Gasteiger partial charge in [-0.25, -0.2) is 0 Å². The van der Waals surface area contributed by atoms with Crippen LogP contribution in [0.15, 0.2) is 18.2 Å². The Morgan fingerprint density at radius 3 is 2.29 bits per heavy atom. The van der Waals surface area contributed by atoms with Gasteiger partial charge in [-0.2, -0.15) is 13.2 Å². The van der Waals surface area contributed by atoms with E-state index < -0.39 is 45.9 Å². The maximum atomic E-state index is 13.2. The van der Waals surface area contributed by atoms with E-state index in [1.807, 2.05) is 0 Å². The molecule has 0 spiro atoms. The molecule has 0 heterocycles. The van der Waals surface area contributed by atoms with Crippen molar-refractivity contribution in [2.24, 2.45) is 5.41 Å². The summed E-state index contributed by atoms with van der Waals surface area (Å²) >= 11 is 0. The number of rotatable bonds is 6. The molecule has 0 N–H and O–H groups in total. The summed E-state index contributed by atoms with van der Waals surface area (Å²) in [6, 6.07) is 2.19. The molecule has 0 fully saturated rings. The lowest BCUT2D eigenvalue weighted by atomic mass is 9.79. The summed E-state index contributed by atoms with van der Waals surface area (Å²) in [7, 11) is 0. The number of nitrogens with zero attached hydrogens (tertiary/aromatic N) is 1. The molecule has 0 radical (unpaired) electrons. The van der Waals surface area contributed by atoms with Crippen molar-refractivity contribution in [3.8, 4) is 0 Å². The number of nitro benzene ring substituents is 1. The van der Waals surface area contributed by atoms with Gasteiger partial charge in [-0.15, -0.1) is 0 Å². The van der Waals surface area contributed by atoms with E-state index in [0.717, 1.165) is 19.1 Å². The fraction of sp³-hybridized carbons (Fsp3) is 0.467. The van der Waals surface area contributed by atoms with Gasteiger partial charge in [-0.3, -0.25) is 19.7 Å². The van der Waals surface area contributed by atoms with E-state index in [-0.39, 0.29) is 12.2 Å². The third-order valence-corrected chi connectivity index (χ3v) is 3.66. The maximum Gasteiger partial charge on any atom is 0.416 e. The Morgan fingerprint density at radius 1 is 1.29 bits per heavy atom. The first-order valence-electron chi connectivity index (χ1n) is 6.96. The van der Waals surface area contributed by atoms with Crippen molar-refractivity contribution in [1.29, 1.82) is 0 Å². The molecule has 132 valence electrons. The van der Waals surface area contributed by atoms with E-state index in [2.05, 4.69) is 0 Å². The minimum absolute atomic E-state index is 0.0336. The number of Topliss-reactive ketones (excluding diaryl/α,β-unsaturated/α-hetero) is 1. The van der Waals surface area contributed by atoms with E-state index in [0.29, 0.717) is 6.07 Å². The molecular formula is C15H16F3NO5. The average Bonchev–Trinajstić information content (AvgIpc) is 2.46. The summed E-state index contributed by atoms with van der Waals surface area (Å²) in [6.45, 7) is 3.74. The first kappa shape index (κ1) is 19.6. The Bertz CT molecular complexity index is 672.